The van der Waals surface area contributed by atoms with E-state index < -0.39 is 0 Å². The van der Waals surface area contributed by atoms with Crippen molar-refractivity contribution in [3.8, 4) is 0 Å². The summed E-state index contributed by atoms with van der Waals surface area (Å²) in [6.07, 6.45) is 0. The van der Waals surface area contributed by atoms with Gasteiger partial charge in [0.1, 0.15) is 5.15 Å². The zero-order valence-corrected chi connectivity index (χ0v) is 12.7. The van der Waals surface area contributed by atoms with Gasteiger partial charge in [0.25, 0.3) is 0 Å². The molecule has 0 atom stereocenters. The van der Waals surface area contributed by atoms with Crippen LogP contribution in [-0.4, -0.2) is 10.1 Å². The standard InChI is InChI=1S/C14H13Cl2NOS/c1-9-6-13(15)12(14(16)17-9)8-19-11-4-2-10(7-18)3-5-11/h2-6,18H,7-8H2,1H3. The Balaban J connectivity index is 2.10. The highest BCUT2D eigenvalue weighted by Crippen LogP contribution is 2.31. The van der Waals surface area contributed by atoms with E-state index >= 15 is 0 Å². The molecule has 2 rings (SSSR count). The molecule has 0 fully saturated rings. The molecule has 1 N–H and O–H groups in total. The van der Waals surface area contributed by atoms with Crippen LogP contribution >= 0.6 is 35.0 Å². The third-order valence-electron chi connectivity index (χ3n) is 2.64. The third kappa shape index (κ3) is 3.86. The molecular formula is C14H13Cl2NOS. The first-order chi connectivity index (χ1) is 9.10. The molecule has 0 aliphatic carbocycles. The summed E-state index contributed by atoms with van der Waals surface area (Å²) in [5.74, 6) is 0.670. The second-order valence-corrected chi connectivity index (χ2v) is 5.92. The van der Waals surface area contributed by atoms with E-state index in [1.807, 2.05) is 37.3 Å². The minimum absolute atomic E-state index is 0.0600. The Morgan fingerprint density at radius 1 is 1.21 bits per heavy atom. The van der Waals surface area contributed by atoms with E-state index in [2.05, 4.69) is 4.98 Å². The maximum atomic E-state index is 8.99. The first-order valence-corrected chi connectivity index (χ1v) is 7.48. The molecule has 19 heavy (non-hydrogen) atoms. The molecule has 0 saturated carbocycles. The highest BCUT2D eigenvalue weighted by Gasteiger charge is 2.09. The summed E-state index contributed by atoms with van der Waals surface area (Å²) >= 11 is 13.9. The van der Waals surface area contributed by atoms with Crippen molar-refractivity contribution in [2.24, 2.45) is 0 Å². The van der Waals surface area contributed by atoms with E-state index in [0.717, 1.165) is 21.7 Å². The number of aliphatic hydroxyl groups is 1. The summed E-state index contributed by atoms with van der Waals surface area (Å²) in [6, 6.07) is 9.56. The first kappa shape index (κ1) is 14.7. The van der Waals surface area contributed by atoms with Crippen LogP contribution in [0.1, 0.15) is 16.8 Å². The molecule has 100 valence electrons. The van der Waals surface area contributed by atoms with Gasteiger partial charge in [0, 0.05) is 26.9 Å². The molecule has 0 aliphatic heterocycles. The number of halogens is 2. The van der Waals surface area contributed by atoms with Crippen LogP contribution in [0.4, 0.5) is 0 Å². The Morgan fingerprint density at radius 2 is 1.89 bits per heavy atom. The summed E-state index contributed by atoms with van der Waals surface area (Å²) in [7, 11) is 0. The van der Waals surface area contributed by atoms with E-state index in [4.69, 9.17) is 28.3 Å². The fourth-order valence-electron chi connectivity index (χ4n) is 1.60. The summed E-state index contributed by atoms with van der Waals surface area (Å²) < 4.78 is 0. The average Bonchev–Trinajstić information content (AvgIpc) is 2.38. The molecule has 2 aromatic rings. The zero-order valence-electron chi connectivity index (χ0n) is 10.4. The van der Waals surface area contributed by atoms with Crippen LogP contribution in [0.2, 0.25) is 10.2 Å². The quantitative estimate of drug-likeness (QED) is 0.667. The number of hydrogen-bond acceptors (Lipinski definition) is 3. The van der Waals surface area contributed by atoms with Gasteiger partial charge in [-0.15, -0.1) is 11.8 Å². The van der Waals surface area contributed by atoms with Gasteiger partial charge in [-0.3, -0.25) is 0 Å². The Hall–Kier alpha value is -0.740. The first-order valence-electron chi connectivity index (χ1n) is 5.74. The number of pyridine rings is 1. The lowest BCUT2D eigenvalue weighted by Crippen LogP contribution is -1.91. The monoisotopic (exact) mass is 313 g/mol. The lowest BCUT2D eigenvalue weighted by Gasteiger charge is -2.07. The molecule has 0 spiro atoms. The molecule has 2 nitrogen and oxygen atoms in total. The van der Waals surface area contributed by atoms with Crippen molar-refractivity contribution in [2.75, 3.05) is 0 Å². The molecule has 1 aromatic heterocycles. The van der Waals surface area contributed by atoms with Crippen molar-refractivity contribution in [3.05, 3.63) is 57.3 Å². The number of nitrogens with zero attached hydrogens (tertiary/aromatic N) is 1. The maximum absolute atomic E-state index is 8.99. The molecule has 5 heteroatoms. The van der Waals surface area contributed by atoms with Crippen LogP contribution in [0.15, 0.2) is 35.2 Å². The second kappa shape index (κ2) is 6.62. The normalized spacial score (nSPS) is 10.7. The van der Waals surface area contributed by atoms with Crippen molar-refractivity contribution >= 4 is 35.0 Å². The van der Waals surface area contributed by atoms with Gasteiger partial charge in [-0.05, 0) is 30.7 Å². The van der Waals surface area contributed by atoms with E-state index in [9.17, 15) is 0 Å². The number of aliphatic hydroxyl groups excluding tert-OH is 1. The van der Waals surface area contributed by atoms with Crippen molar-refractivity contribution in [3.63, 3.8) is 0 Å². The molecule has 0 aliphatic rings. The van der Waals surface area contributed by atoms with Gasteiger partial charge in [0.2, 0.25) is 0 Å². The van der Waals surface area contributed by atoms with Crippen LogP contribution in [0.5, 0.6) is 0 Å². The molecule has 1 aromatic carbocycles. The highest BCUT2D eigenvalue weighted by atomic mass is 35.5. The molecule has 0 amide bonds. The van der Waals surface area contributed by atoms with Crippen LogP contribution in [0.3, 0.4) is 0 Å². The van der Waals surface area contributed by atoms with Gasteiger partial charge < -0.3 is 5.11 Å². The van der Waals surface area contributed by atoms with Gasteiger partial charge in [0.15, 0.2) is 0 Å². The van der Waals surface area contributed by atoms with Gasteiger partial charge in [-0.1, -0.05) is 35.3 Å². The number of aryl methyl sites for hydroxylation is 1. The van der Waals surface area contributed by atoms with E-state index in [1.165, 1.54) is 0 Å². The Labute approximate surface area is 126 Å². The fraction of sp³-hybridized carbons (Fsp3) is 0.214. The summed E-state index contributed by atoms with van der Waals surface area (Å²) in [5, 5.41) is 10.1. The SMILES string of the molecule is Cc1cc(Cl)c(CSc2ccc(CO)cc2)c(Cl)n1. The lowest BCUT2D eigenvalue weighted by molar-refractivity contribution is 0.282. The van der Waals surface area contributed by atoms with Gasteiger partial charge in [0.05, 0.1) is 6.61 Å². The molecule has 0 bridgehead atoms. The van der Waals surface area contributed by atoms with Gasteiger partial charge in [-0.25, -0.2) is 4.98 Å². The van der Waals surface area contributed by atoms with Crippen LogP contribution in [0, 0.1) is 6.92 Å². The Bertz CT molecular complexity index is 549. The van der Waals surface area contributed by atoms with Crippen molar-refractivity contribution in [1.82, 2.24) is 4.98 Å². The van der Waals surface area contributed by atoms with Crippen molar-refractivity contribution in [1.29, 1.82) is 0 Å². The van der Waals surface area contributed by atoms with Crippen molar-refractivity contribution in [2.45, 2.75) is 24.2 Å². The topological polar surface area (TPSA) is 33.1 Å². The largest absolute Gasteiger partial charge is 0.392 e. The smallest absolute Gasteiger partial charge is 0.134 e. The molecule has 0 unspecified atom stereocenters. The molecule has 0 saturated heterocycles. The summed E-state index contributed by atoms with van der Waals surface area (Å²) in [4.78, 5) is 5.31. The predicted molar refractivity (Wildman–Crippen MR) is 80.9 cm³/mol. The van der Waals surface area contributed by atoms with Gasteiger partial charge >= 0.3 is 0 Å². The number of aromatic nitrogens is 1. The van der Waals surface area contributed by atoms with E-state index in [-0.39, 0.29) is 6.61 Å². The molecule has 0 radical (unpaired) electrons. The van der Waals surface area contributed by atoms with Crippen LogP contribution < -0.4 is 0 Å². The number of thioether (sulfide) groups is 1. The highest BCUT2D eigenvalue weighted by molar-refractivity contribution is 7.98. The number of benzene rings is 1. The fourth-order valence-corrected chi connectivity index (χ4v) is 3.35. The second-order valence-electron chi connectivity index (χ2n) is 4.11. The molecular weight excluding hydrogens is 301 g/mol. The third-order valence-corrected chi connectivity index (χ3v) is 4.32. The molecule has 1 heterocycles. The van der Waals surface area contributed by atoms with Crippen molar-refractivity contribution < 1.29 is 5.11 Å². The maximum Gasteiger partial charge on any atom is 0.134 e. The lowest BCUT2D eigenvalue weighted by atomic mass is 10.2. The minimum atomic E-state index is 0.0600. The Kier molecular flexibility index (Phi) is 5.11. The van der Waals surface area contributed by atoms with E-state index in [1.54, 1.807) is 11.8 Å². The van der Waals surface area contributed by atoms with Gasteiger partial charge in [-0.2, -0.15) is 0 Å². The summed E-state index contributed by atoms with van der Waals surface area (Å²) in [6.45, 7) is 1.92. The van der Waals surface area contributed by atoms with Crippen LogP contribution in [-0.2, 0) is 12.4 Å². The predicted octanol–water partition coefficient (Wildman–Crippen LogP) is 4.48. The zero-order chi connectivity index (χ0) is 13.8. The number of hydrogen-bond donors (Lipinski definition) is 1. The Morgan fingerprint density at radius 3 is 2.47 bits per heavy atom. The minimum Gasteiger partial charge on any atom is -0.392 e. The van der Waals surface area contributed by atoms with E-state index in [0.29, 0.717) is 15.9 Å². The number of rotatable bonds is 4. The summed E-state index contributed by atoms with van der Waals surface area (Å²) in [5.41, 5.74) is 2.57. The van der Waals surface area contributed by atoms with Crippen LogP contribution in [0.25, 0.3) is 0 Å². The average molecular weight is 314 g/mol.